The third-order valence-electron chi connectivity index (χ3n) is 5.47. The second kappa shape index (κ2) is 6.73. The van der Waals surface area contributed by atoms with Gasteiger partial charge in [-0.25, -0.2) is 9.78 Å². The van der Waals surface area contributed by atoms with E-state index in [9.17, 15) is 9.59 Å². The van der Waals surface area contributed by atoms with Crippen LogP contribution < -0.4 is 20.7 Å². The lowest BCUT2D eigenvalue weighted by molar-refractivity contribution is 0.255. The summed E-state index contributed by atoms with van der Waals surface area (Å²) in [5.41, 5.74) is 3.08. The average Bonchev–Trinajstić information content (AvgIpc) is 3.15. The number of hydrogen-bond donors (Lipinski definition) is 1. The van der Waals surface area contributed by atoms with E-state index in [-0.39, 0.29) is 17.6 Å². The molecule has 2 aliphatic rings. The van der Waals surface area contributed by atoms with E-state index < -0.39 is 0 Å². The molecule has 0 radical (unpaired) electrons. The van der Waals surface area contributed by atoms with E-state index in [1.807, 2.05) is 18.2 Å². The number of aromatic nitrogens is 3. The zero-order valence-corrected chi connectivity index (χ0v) is 15.9. The number of amides is 2. The normalized spacial score (nSPS) is 17.2. The molecular weight excluding hydrogens is 368 g/mol. The van der Waals surface area contributed by atoms with E-state index in [0.29, 0.717) is 11.5 Å². The van der Waals surface area contributed by atoms with E-state index in [1.54, 1.807) is 42.7 Å². The van der Waals surface area contributed by atoms with Gasteiger partial charge in [-0.1, -0.05) is 0 Å². The Hall–Kier alpha value is -3.68. The summed E-state index contributed by atoms with van der Waals surface area (Å²) in [5.74, 6) is 0.645. The van der Waals surface area contributed by atoms with Crippen LogP contribution in [-0.2, 0) is 7.05 Å². The fourth-order valence-electron chi connectivity index (χ4n) is 4.00. The maximum absolute atomic E-state index is 13.1. The quantitative estimate of drug-likeness (QED) is 0.729. The molecule has 5 rings (SSSR count). The highest BCUT2D eigenvalue weighted by molar-refractivity contribution is 6.04. The van der Waals surface area contributed by atoms with Crippen LogP contribution in [0, 0.1) is 0 Å². The summed E-state index contributed by atoms with van der Waals surface area (Å²) >= 11 is 0. The second-order valence-corrected chi connectivity index (χ2v) is 7.34. The fraction of sp³-hybridized carbons (Fsp3) is 0.238. The molecule has 8 nitrogen and oxygen atoms in total. The molecule has 0 spiro atoms. The number of fused-ring (bicyclic) bond motifs is 4. The minimum Gasteiger partial charge on any atom is -0.366 e. The molecule has 2 bridgehead atoms. The molecule has 0 aromatic carbocycles. The van der Waals surface area contributed by atoms with E-state index in [2.05, 4.69) is 15.2 Å². The molecule has 0 unspecified atom stereocenters. The van der Waals surface area contributed by atoms with E-state index >= 15 is 0 Å². The summed E-state index contributed by atoms with van der Waals surface area (Å²) < 4.78 is 1.52. The molecule has 29 heavy (non-hydrogen) atoms. The lowest BCUT2D eigenvalue weighted by atomic mass is 10.1. The smallest absolute Gasteiger partial charge is 0.327 e. The summed E-state index contributed by atoms with van der Waals surface area (Å²) in [4.78, 5) is 37.8. The van der Waals surface area contributed by atoms with E-state index in [0.717, 1.165) is 36.5 Å². The molecule has 3 aromatic rings. The summed E-state index contributed by atoms with van der Waals surface area (Å²) in [5, 5.41) is 2.93. The van der Waals surface area contributed by atoms with Crippen LogP contribution in [-0.4, -0.2) is 39.7 Å². The first-order chi connectivity index (χ1) is 14.1. The van der Waals surface area contributed by atoms with Crippen LogP contribution in [0.1, 0.15) is 6.42 Å². The molecule has 8 heteroatoms. The molecule has 1 fully saturated rings. The number of carbonyl (C=O) groups is 1. The number of nitrogens with one attached hydrogen (secondary N) is 1. The van der Waals surface area contributed by atoms with Gasteiger partial charge in [-0.2, -0.15) is 0 Å². The lowest BCUT2D eigenvalue weighted by Gasteiger charge is -2.35. The van der Waals surface area contributed by atoms with Crippen molar-refractivity contribution in [3.8, 4) is 11.3 Å². The van der Waals surface area contributed by atoms with Gasteiger partial charge in [0, 0.05) is 44.2 Å². The van der Waals surface area contributed by atoms with Crippen LogP contribution in [0.4, 0.5) is 22.0 Å². The summed E-state index contributed by atoms with van der Waals surface area (Å²) in [6.07, 6.45) is 5.95. The summed E-state index contributed by atoms with van der Waals surface area (Å²) in [6, 6.07) is 10.7. The van der Waals surface area contributed by atoms with Crippen LogP contribution >= 0.6 is 0 Å². The van der Waals surface area contributed by atoms with Gasteiger partial charge in [0.25, 0.3) is 0 Å². The van der Waals surface area contributed by atoms with Gasteiger partial charge < -0.3 is 14.8 Å². The topological polar surface area (TPSA) is 83.4 Å². The fourth-order valence-corrected chi connectivity index (χ4v) is 4.00. The van der Waals surface area contributed by atoms with E-state index in [4.69, 9.17) is 4.98 Å². The molecule has 146 valence electrons. The van der Waals surface area contributed by atoms with Crippen LogP contribution in [0.2, 0.25) is 0 Å². The molecule has 5 heterocycles. The summed E-state index contributed by atoms with van der Waals surface area (Å²) in [7, 11) is 1.71. The molecular formula is C21H20N6O2. The summed E-state index contributed by atoms with van der Waals surface area (Å²) in [6.45, 7) is 1.70. The van der Waals surface area contributed by atoms with Crippen LogP contribution in [0.15, 0.2) is 59.8 Å². The zero-order valence-electron chi connectivity index (χ0n) is 15.9. The van der Waals surface area contributed by atoms with Gasteiger partial charge in [-0.15, -0.1) is 0 Å². The first kappa shape index (κ1) is 17.4. The largest absolute Gasteiger partial charge is 0.366 e. The molecule has 1 atom stereocenters. The SMILES string of the molecule is Cn1cc(-c2ccc3c(n2)N(C(=O)Nc2cccnc2)[C@H]2CCN3C2)ccc1=O. The standard InChI is InChI=1S/C21H20N6O2/c1-25-12-14(4-7-19(25)28)17-5-6-18-20(24-17)27(16-8-10-26(18)13-16)21(29)23-15-3-2-9-22-11-15/h2-7,9,11-12,16H,8,10,13H2,1H3,(H,23,29)/t16-/m0/s1. The van der Waals surface area contributed by atoms with E-state index in [1.165, 1.54) is 10.6 Å². The van der Waals surface area contributed by atoms with Crippen LogP contribution in [0.25, 0.3) is 11.3 Å². The molecule has 0 saturated carbocycles. The van der Waals surface area contributed by atoms with Crippen molar-refractivity contribution < 1.29 is 4.79 Å². The first-order valence-corrected chi connectivity index (χ1v) is 9.53. The van der Waals surface area contributed by atoms with Gasteiger partial charge in [0.2, 0.25) is 5.56 Å². The Kier molecular flexibility index (Phi) is 4.04. The third-order valence-corrected chi connectivity index (χ3v) is 5.47. The second-order valence-electron chi connectivity index (χ2n) is 7.34. The number of pyridine rings is 3. The Morgan fingerprint density at radius 1 is 1.21 bits per heavy atom. The zero-order chi connectivity index (χ0) is 20.0. The average molecular weight is 388 g/mol. The van der Waals surface area contributed by atoms with Crippen molar-refractivity contribution in [1.29, 1.82) is 0 Å². The monoisotopic (exact) mass is 388 g/mol. The van der Waals surface area contributed by atoms with Crippen molar-refractivity contribution in [2.75, 3.05) is 28.2 Å². The highest BCUT2D eigenvalue weighted by Crippen LogP contribution is 2.40. The Labute approximate surface area is 167 Å². The van der Waals surface area contributed by atoms with Crippen LogP contribution in [0.5, 0.6) is 0 Å². The number of aryl methyl sites for hydroxylation is 1. The number of urea groups is 1. The van der Waals surface area contributed by atoms with Crippen molar-refractivity contribution in [3.63, 3.8) is 0 Å². The first-order valence-electron chi connectivity index (χ1n) is 9.53. The van der Waals surface area contributed by atoms with Gasteiger partial charge in [-0.3, -0.25) is 14.7 Å². The molecule has 1 saturated heterocycles. The van der Waals surface area contributed by atoms with Gasteiger partial charge >= 0.3 is 6.03 Å². The number of rotatable bonds is 2. The Bertz CT molecular complexity index is 1140. The van der Waals surface area contributed by atoms with Gasteiger partial charge in [0.15, 0.2) is 5.82 Å². The Morgan fingerprint density at radius 2 is 2.10 bits per heavy atom. The van der Waals surface area contributed by atoms with Crippen molar-refractivity contribution >= 4 is 23.2 Å². The molecule has 1 N–H and O–H groups in total. The highest BCUT2D eigenvalue weighted by Gasteiger charge is 2.40. The molecule has 2 aliphatic heterocycles. The third kappa shape index (κ3) is 3.02. The van der Waals surface area contributed by atoms with Crippen molar-refractivity contribution in [2.24, 2.45) is 7.05 Å². The maximum atomic E-state index is 13.1. The molecule has 3 aromatic heterocycles. The highest BCUT2D eigenvalue weighted by atomic mass is 16.2. The Morgan fingerprint density at radius 3 is 2.90 bits per heavy atom. The van der Waals surface area contributed by atoms with Gasteiger partial charge in [0.05, 0.1) is 29.3 Å². The van der Waals surface area contributed by atoms with Crippen LogP contribution in [0.3, 0.4) is 0 Å². The molecule has 0 aliphatic carbocycles. The number of anilines is 3. The molecule has 2 amide bonds. The van der Waals surface area contributed by atoms with Crippen molar-refractivity contribution in [2.45, 2.75) is 12.5 Å². The lowest BCUT2D eigenvalue weighted by Crippen LogP contribution is -2.48. The van der Waals surface area contributed by atoms with Gasteiger partial charge in [0.1, 0.15) is 0 Å². The number of carbonyl (C=O) groups excluding carboxylic acids is 1. The van der Waals surface area contributed by atoms with Crippen molar-refractivity contribution in [1.82, 2.24) is 14.5 Å². The predicted octanol–water partition coefficient (Wildman–Crippen LogP) is 2.47. The number of hydrogen-bond acceptors (Lipinski definition) is 5. The van der Waals surface area contributed by atoms with Crippen molar-refractivity contribution in [3.05, 3.63) is 65.3 Å². The Balaban J connectivity index is 1.55. The minimum atomic E-state index is -0.212. The minimum absolute atomic E-state index is 0.0713. The number of nitrogens with zero attached hydrogens (tertiary/aromatic N) is 5. The maximum Gasteiger partial charge on any atom is 0.327 e. The van der Waals surface area contributed by atoms with Gasteiger partial charge in [-0.05, 0) is 36.8 Å². The predicted molar refractivity (Wildman–Crippen MR) is 111 cm³/mol.